The molecule has 1 aliphatic rings. The Bertz CT molecular complexity index is 711. The zero-order valence-corrected chi connectivity index (χ0v) is 16.0. The van der Waals surface area contributed by atoms with Crippen LogP contribution in [0.15, 0.2) is 36.5 Å². The van der Waals surface area contributed by atoms with Crippen LogP contribution in [-0.2, 0) is 0 Å². The first-order valence-electron chi connectivity index (χ1n) is 7.84. The van der Waals surface area contributed by atoms with Gasteiger partial charge in [0.25, 0.3) is 5.91 Å². The highest BCUT2D eigenvalue weighted by molar-refractivity contribution is 14.1. The molecule has 0 bridgehead atoms. The average molecular weight is 437 g/mol. The Kier molecular flexibility index (Phi) is 5.17. The van der Waals surface area contributed by atoms with Gasteiger partial charge in [-0.3, -0.25) is 4.79 Å². The molecule has 1 amide bonds. The summed E-state index contributed by atoms with van der Waals surface area (Å²) in [5.74, 6) is 0.960. The Labute approximate surface area is 155 Å². The zero-order chi connectivity index (χ0) is 17.1. The van der Waals surface area contributed by atoms with E-state index in [1.165, 1.54) is 0 Å². The van der Waals surface area contributed by atoms with E-state index in [9.17, 15) is 4.79 Å². The highest BCUT2D eigenvalue weighted by Crippen LogP contribution is 2.19. The van der Waals surface area contributed by atoms with Crippen LogP contribution >= 0.6 is 22.6 Å². The van der Waals surface area contributed by atoms with E-state index in [4.69, 9.17) is 0 Å². The third kappa shape index (κ3) is 3.77. The number of piperazine rings is 1. The number of amides is 1. The number of hydrogen-bond donors (Lipinski definition) is 0. The smallest absolute Gasteiger partial charge is 0.253 e. The van der Waals surface area contributed by atoms with Gasteiger partial charge in [-0.25, -0.2) is 0 Å². The molecule has 2 aromatic rings. The number of rotatable bonds is 3. The van der Waals surface area contributed by atoms with Crippen LogP contribution in [0.25, 0.3) is 0 Å². The average Bonchev–Trinajstić information content (AvgIpc) is 2.62. The molecule has 7 heteroatoms. The fourth-order valence-corrected chi connectivity index (χ4v) is 3.02. The summed E-state index contributed by atoms with van der Waals surface area (Å²) >= 11 is 2.24. The van der Waals surface area contributed by atoms with E-state index < -0.39 is 0 Å². The van der Waals surface area contributed by atoms with E-state index in [2.05, 4.69) is 37.7 Å². The SMILES string of the molecule is CN(C)c1cnnc(N2CCN(C(=O)c3ccc(I)cc3)CC2)c1. The molecule has 1 saturated heterocycles. The second-order valence-electron chi connectivity index (χ2n) is 5.95. The summed E-state index contributed by atoms with van der Waals surface area (Å²) in [6.45, 7) is 2.92. The van der Waals surface area contributed by atoms with Crippen molar-refractivity contribution >= 4 is 40.0 Å². The van der Waals surface area contributed by atoms with E-state index in [0.717, 1.165) is 33.7 Å². The largest absolute Gasteiger partial charge is 0.376 e. The van der Waals surface area contributed by atoms with Gasteiger partial charge in [0.15, 0.2) is 5.82 Å². The Morgan fingerprint density at radius 1 is 1.12 bits per heavy atom. The van der Waals surface area contributed by atoms with Crippen LogP contribution in [0.3, 0.4) is 0 Å². The molecular weight excluding hydrogens is 417 g/mol. The lowest BCUT2D eigenvalue weighted by atomic mass is 10.2. The number of halogens is 1. The molecule has 0 spiro atoms. The molecule has 24 heavy (non-hydrogen) atoms. The highest BCUT2D eigenvalue weighted by atomic mass is 127. The quantitative estimate of drug-likeness (QED) is 0.689. The van der Waals surface area contributed by atoms with Gasteiger partial charge in [0, 0.05) is 55.5 Å². The standard InChI is InChI=1S/C17H20IN5O/c1-21(2)15-11-16(20-19-12-15)22-7-9-23(10-8-22)17(24)13-3-5-14(18)6-4-13/h3-6,11-12H,7-10H2,1-2H3. The Morgan fingerprint density at radius 2 is 1.79 bits per heavy atom. The Hall–Kier alpha value is -1.90. The van der Waals surface area contributed by atoms with E-state index in [0.29, 0.717) is 13.1 Å². The van der Waals surface area contributed by atoms with Gasteiger partial charge in [-0.15, -0.1) is 5.10 Å². The van der Waals surface area contributed by atoms with Crippen molar-refractivity contribution in [3.8, 4) is 0 Å². The minimum absolute atomic E-state index is 0.0965. The topological polar surface area (TPSA) is 52.6 Å². The van der Waals surface area contributed by atoms with Crippen molar-refractivity contribution in [1.29, 1.82) is 0 Å². The highest BCUT2D eigenvalue weighted by Gasteiger charge is 2.23. The van der Waals surface area contributed by atoms with Gasteiger partial charge in [-0.2, -0.15) is 5.10 Å². The van der Waals surface area contributed by atoms with Crippen molar-refractivity contribution < 1.29 is 4.79 Å². The van der Waals surface area contributed by atoms with Gasteiger partial charge in [0.2, 0.25) is 0 Å². The van der Waals surface area contributed by atoms with Crippen LogP contribution in [0.2, 0.25) is 0 Å². The number of hydrogen-bond acceptors (Lipinski definition) is 5. The van der Waals surface area contributed by atoms with E-state index in [1.54, 1.807) is 6.20 Å². The van der Waals surface area contributed by atoms with E-state index in [-0.39, 0.29) is 5.91 Å². The molecule has 6 nitrogen and oxygen atoms in total. The summed E-state index contributed by atoms with van der Waals surface area (Å²) < 4.78 is 1.13. The van der Waals surface area contributed by atoms with Crippen LogP contribution in [0.4, 0.5) is 11.5 Å². The van der Waals surface area contributed by atoms with Gasteiger partial charge in [0.05, 0.1) is 11.9 Å². The van der Waals surface area contributed by atoms with Crippen molar-refractivity contribution in [3.63, 3.8) is 0 Å². The van der Waals surface area contributed by atoms with E-state index in [1.807, 2.05) is 54.2 Å². The first kappa shape index (κ1) is 16.9. The molecule has 1 fully saturated rings. The lowest BCUT2D eigenvalue weighted by Crippen LogP contribution is -2.49. The van der Waals surface area contributed by atoms with Crippen molar-refractivity contribution in [1.82, 2.24) is 15.1 Å². The number of carbonyl (C=O) groups excluding carboxylic acids is 1. The summed E-state index contributed by atoms with van der Waals surface area (Å²) in [6, 6.07) is 9.74. The maximum Gasteiger partial charge on any atom is 0.253 e. The summed E-state index contributed by atoms with van der Waals surface area (Å²) in [5.41, 5.74) is 1.77. The monoisotopic (exact) mass is 437 g/mol. The molecule has 1 aliphatic heterocycles. The predicted octanol–water partition coefficient (Wildman–Crippen LogP) is 2.11. The van der Waals surface area contributed by atoms with Crippen molar-refractivity contribution in [2.75, 3.05) is 50.1 Å². The van der Waals surface area contributed by atoms with Gasteiger partial charge >= 0.3 is 0 Å². The Balaban J connectivity index is 1.64. The third-order valence-electron chi connectivity index (χ3n) is 4.13. The fourth-order valence-electron chi connectivity index (χ4n) is 2.66. The summed E-state index contributed by atoms with van der Waals surface area (Å²) in [7, 11) is 3.97. The third-order valence-corrected chi connectivity index (χ3v) is 4.84. The molecule has 2 heterocycles. The lowest BCUT2D eigenvalue weighted by molar-refractivity contribution is 0.0746. The molecule has 1 aromatic carbocycles. The van der Waals surface area contributed by atoms with E-state index >= 15 is 0 Å². The van der Waals surface area contributed by atoms with Crippen molar-refractivity contribution in [2.24, 2.45) is 0 Å². The molecule has 0 atom stereocenters. The summed E-state index contributed by atoms with van der Waals surface area (Å²) in [6.07, 6.45) is 1.75. The molecular formula is C17H20IN5O. The lowest BCUT2D eigenvalue weighted by Gasteiger charge is -2.35. The predicted molar refractivity (Wildman–Crippen MR) is 104 cm³/mol. The molecule has 0 radical (unpaired) electrons. The Morgan fingerprint density at radius 3 is 2.42 bits per heavy atom. The first-order valence-corrected chi connectivity index (χ1v) is 8.92. The van der Waals surface area contributed by atoms with Crippen LogP contribution in [0.1, 0.15) is 10.4 Å². The van der Waals surface area contributed by atoms with Crippen molar-refractivity contribution in [2.45, 2.75) is 0 Å². The molecule has 126 valence electrons. The van der Waals surface area contributed by atoms with Gasteiger partial charge < -0.3 is 14.7 Å². The number of aromatic nitrogens is 2. The number of nitrogens with zero attached hydrogens (tertiary/aromatic N) is 5. The van der Waals surface area contributed by atoms with Gasteiger partial charge in [0.1, 0.15) is 0 Å². The first-order chi connectivity index (χ1) is 11.5. The van der Waals surface area contributed by atoms with Crippen molar-refractivity contribution in [3.05, 3.63) is 45.7 Å². The molecule has 0 aliphatic carbocycles. The zero-order valence-electron chi connectivity index (χ0n) is 13.8. The van der Waals surface area contributed by atoms with Gasteiger partial charge in [-0.05, 0) is 46.9 Å². The minimum Gasteiger partial charge on any atom is -0.376 e. The number of benzene rings is 1. The maximum atomic E-state index is 12.6. The summed E-state index contributed by atoms with van der Waals surface area (Å²) in [4.78, 5) is 18.7. The maximum absolute atomic E-state index is 12.6. The summed E-state index contributed by atoms with van der Waals surface area (Å²) in [5, 5.41) is 8.30. The number of carbonyl (C=O) groups is 1. The molecule has 0 unspecified atom stereocenters. The number of anilines is 2. The molecule has 3 rings (SSSR count). The van der Waals surface area contributed by atoms with Gasteiger partial charge in [-0.1, -0.05) is 0 Å². The van der Waals surface area contributed by atoms with Crippen LogP contribution < -0.4 is 9.80 Å². The van der Waals surface area contributed by atoms with Crippen LogP contribution in [0, 0.1) is 3.57 Å². The normalized spacial score (nSPS) is 14.6. The second kappa shape index (κ2) is 7.33. The van der Waals surface area contributed by atoms with Crippen LogP contribution in [0.5, 0.6) is 0 Å². The fraction of sp³-hybridized carbons (Fsp3) is 0.353. The molecule has 1 aromatic heterocycles. The molecule has 0 N–H and O–H groups in total. The second-order valence-corrected chi connectivity index (χ2v) is 7.20. The van der Waals surface area contributed by atoms with Crippen LogP contribution in [-0.4, -0.2) is 61.3 Å². The molecule has 0 saturated carbocycles. The minimum atomic E-state index is 0.0965.